The molecule has 30 heavy (non-hydrogen) atoms. The van der Waals surface area contributed by atoms with Crippen LogP contribution in [-0.2, 0) is 19.1 Å². The first-order chi connectivity index (χ1) is 13.9. The number of carbonyl (C=O) groups is 2. The first-order valence-corrected chi connectivity index (χ1v) is 11.0. The molecule has 6 unspecified atom stereocenters. The van der Waals surface area contributed by atoms with E-state index in [2.05, 4.69) is 20.1 Å². The Balaban J connectivity index is 0.000000311. The minimum absolute atomic E-state index is 0.0486. The first-order valence-electron chi connectivity index (χ1n) is 11.0. The van der Waals surface area contributed by atoms with Crippen LogP contribution in [0.5, 0.6) is 0 Å². The molecule has 2 fully saturated rings. The lowest BCUT2D eigenvalue weighted by Crippen LogP contribution is -2.54. The average Bonchev–Trinajstić information content (AvgIpc) is 2.69. The highest BCUT2D eigenvalue weighted by Crippen LogP contribution is 2.38. The van der Waals surface area contributed by atoms with Crippen LogP contribution in [0.4, 0.5) is 0 Å². The van der Waals surface area contributed by atoms with Gasteiger partial charge in [-0.3, -0.25) is 9.59 Å². The van der Waals surface area contributed by atoms with Crippen molar-refractivity contribution < 1.29 is 29.3 Å². The topological polar surface area (TPSA) is 93.1 Å². The van der Waals surface area contributed by atoms with Gasteiger partial charge in [0.2, 0.25) is 0 Å². The van der Waals surface area contributed by atoms with Crippen LogP contribution in [0.3, 0.4) is 0 Å². The Morgan fingerprint density at radius 2 is 1.57 bits per heavy atom. The zero-order valence-corrected chi connectivity index (χ0v) is 19.5. The SMILES string of the molecule is C=C(C)C1(O)CCC(C)C(O)C1=O.C=C(C)C1(OCC)CCC(C)C(OCC)C1=O. The molecular formula is C24H40O6. The van der Waals surface area contributed by atoms with E-state index < -0.39 is 23.1 Å². The van der Waals surface area contributed by atoms with Crippen LogP contribution < -0.4 is 0 Å². The molecule has 0 radical (unpaired) electrons. The van der Waals surface area contributed by atoms with E-state index in [4.69, 9.17) is 9.47 Å². The fourth-order valence-corrected chi connectivity index (χ4v) is 4.19. The Kier molecular flexibility index (Phi) is 9.61. The minimum atomic E-state index is -1.49. The molecular weight excluding hydrogens is 384 g/mol. The standard InChI is InChI=1S/C14H24O3.C10H16O3/c1-6-16-12-11(5)8-9-14(10(3)4,13(12)15)17-7-2;1-6(2)10(13)5-4-7(3)8(11)9(10)12/h11-12H,3,6-9H2,1-2,4-5H3;7-8,11,13H,1,4-5H2,2-3H3. The molecule has 0 aliphatic heterocycles. The van der Waals surface area contributed by atoms with Gasteiger partial charge in [0.05, 0.1) is 0 Å². The minimum Gasteiger partial charge on any atom is -0.385 e. The highest BCUT2D eigenvalue weighted by atomic mass is 16.5. The average molecular weight is 425 g/mol. The fourth-order valence-electron chi connectivity index (χ4n) is 4.19. The summed E-state index contributed by atoms with van der Waals surface area (Å²) in [5, 5.41) is 19.4. The summed E-state index contributed by atoms with van der Waals surface area (Å²) in [6.07, 6.45) is 1.28. The van der Waals surface area contributed by atoms with Gasteiger partial charge in [-0.2, -0.15) is 0 Å². The second kappa shape index (κ2) is 10.8. The Hall–Kier alpha value is -1.34. The van der Waals surface area contributed by atoms with Crippen molar-refractivity contribution in [2.75, 3.05) is 13.2 Å². The summed E-state index contributed by atoms with van der Waals surface area (Å²) in [6.45, 7) is 19.8. The number of ketones is 2. The normalized spacial score (nSPS) is 36.7. The zero-order valence-electron chi connectivity index (χ0n) is 19.5. The molecule has 172 valence electrons. The molecule has 2 rings (SSSR count). The molecule has 6 heteroatoms. The van der Waals surface area contributed by atoms with Crippen LogP contribution in [-0.4, -0.2) is 58.4 Å². The predicted molar refractivity (Wildman–Crippen MR) is 117 cm³/mol. The largest absolute Gasteiger partial charge is 0.385 e. The maximum Gasteiger partial charge on any atom is 0.197 e. The Morgan fingerprint density at radius 3 is 2.03 bits per heavy atom. The number of rotatable bonds is 6. The summed E-state index contributed by atoms with van der Waals surface area (Å²) in [5.74, 6) is -0.256. The van der Waals surface area contributed by atoms with E-state index >= 15 is 0 Å². The predicted octanol–water partition coefficient (Wildman–Crippen LogP) is 3.40. The molecule has 6 atom stereocenters. The molecule has 0 bridgehead atoms. The van der Waals surface area contributed by atoms with Crippen molar-refractivity contribution >= 4 is 11.6 Å². The summed E-state index contributed by atoms with van der Waals surface area (Å²) < 4.78 is 11.3. The third-order valence-electron chi connectivity index (χ3n) is 6.43. The van der Waals surface area contributed by atoms with E-state index in [-0.39, 0.29) is 23.7 Å². The van der Waals surface area contributed by atoms with Gasteiger partial charge < -0.3 is 19.7 Å². The highest BCUT2D eigenvalue weighted by Gasteiger charge is 2.49. The van der Waals surface area contributed by atoms with E-state index in [9.17, 15) is 19.8 Å². The smallest absolute Gasteiger partial charge is 0.197 e. The Morgan fingerprint density at radius 1 is 1.00 bits per heavy atom. The van der Waals surface area contributed by atoms with E-state index in [1.54, 1.807) is 13.8 Å². The molecule has 2 N–H and O–H groups in total. The molecule has 0 heterocycles. The quantitative estimate of drug-likeness (QED) is 0.635. The number of hydrogen-bond donors (Lipinski definition) is 2. The van der Waals surface area contributed by atoms with Crippen molar-refractivity contribution in [2.24, 2.45) is 11.8 Å². The monoisotopic (exact) mass is 424 g/mol. The molecule has 2 aliphatic rings. The van der Waals surface area contributed by atoms with Crippen molar-refractivity contribution in [2.45, 2.75) is 90.6 Å². The molecule has 0 spiro atoms. The van der Waals surface area contributed by atoms with Gasteiger partial charge >= 0.3 is 0 Å². The number of aliphatic hydroxyl groups excluding tert-OH is 1. The van der Waals surface area contributed by atoms with Gasteiger partial charge in [0.1, 0.15) is 23.4 Å². The van der Waals surface area contributed by atoms with Crippen molar-refractivity contribution in [3.8, 4) is 0 Å². The second-order valence-corrected chi connectivity index (χ2v) is 8.76. The molecule has 0 aromatic heterocycles. The zero-order chi connectivity index (χ0) is 23.3. The van der Waals surface area contributed by atoms with Gasteiger partial charge in [0.25, 0.3) is 0 Å². The Bertz CT molecular complexity index is 656. The molecule has 0 aromatic carbocycles. The van der Waals surface area contributed by atoms with Crippen LogP contribution in [0.1, 0.15) is 67.2 Å². The van der Waals surface area contributed by atoms with Crippen LogP contribution in [0.25, 0.3) is 0 Å². The van der Waals surface area contributed by atoms with Gasteiger partial charge in [-0.1, -0.05) is 27.0 Å². The number of carbonyl (C=O) groups excluding carboxylic acids is 2. The summed E-state index contributed by atoms with van der Waals surface area (Å²) in [5.41, 5.74) is -1.10. The summed E-state index contributed by atoms with van der Waals surface area (Å²) in [7, 11) is 0. The lowest BCUT2D eigenvalue weighted by atomic mass is 9.73. The van der Waals surface area contributed by atoms with Crippen LogP contribution in [0.2, 0.25) is 0 Å². The summed E-state index contributed by atoms with van der Waals surface area (Å²) in [4.78, 5) is 24.1. The highest BCUT2D eigenvalue weighted by molar-refractivity contribution is 5.95. The number of Topliss-reactive ketones (excluding diaryl/α,β-unsaturated/α-hetero) is 2. The van der Waals surface area contributed by atoms with Crippen molar-refractivity contribution in [3.05, 3.63) is 24.3 Å². The number of hydrogen-bond acceptors (Lipinski definition) is 6. The van der Waals surface area contributed by atoms with Crippen molar-refractivity contribution in [1.29, 1.82) is 0 Å². The van der Waals surface area contributed by atoms with Crippen molar-refractivity contribution in [3.63, 3.8) is 0 Å². The van der Waals surface area contributed by atoms with E-state index in [0.717, 1.165) is 18.4 Å². The number of ether oxygens (including phenoxy) is 2. The molecule has 2 saturated carbocycles. The van der Waals surface area contributed by atoms with Crippen LogP contribution in [0.15, 0.2) is 24.3 Å². The Labute approximate surface area is 181 Å². The van der Waals surface area contributed by atoms with E-state index in [1.807, 2.05) is 20.8 Å². The fraction of sp³-hybridized carbons (Fsp3) is 0.750. The molecule has 0 aromatic rings. The third-order valence-corrected chi connectivity index (χ3v) is 6.43. The maximum absolute atomic E-state index is 12.6. The van der Waals surface area contributed by atoms with Gasteiger partial charge in [-0.15, -0.1) is 0 Å². The first kappa shape index (κ1) is 26.7. The van der Waals surface area contributed by atoms with Gasteiger partial charge in [-0.05, 0) is 76.4 Å². The molecule has 2 aliphatic carbocycles. The lowest BCUT2D eigenvalue weighted by molar-refractivity contribution is -0.162. The van der Waals surface area contributed by atoms with Crippen molar-refractivity contribution in [1.82, 2.24) is 0 Å². The summed E-state index contributed by atoms with van der Waals surface area (Å²) >= 11 is 0. The van der Waals surface area contributed by atoms with Gasteiger partial charge in [-0.25, -0.2) is 0 Å². The maximum atomic E-state index is 12.6. The van der Waals surface area contributed by atoms with Crippen LogP contribution >= 0.6 is 0 Å². The van der Waals surface area contributed by atoms with E-state index in [1.165, 1.54) is 0 Å². The molecule has 0 amide bonds. The second-order valence-electron chi connectivity index (χ2n) is 8.76. The van der Waals surface area contributed by atoms with Gasteiger partial charge in [0, 0.05) is 13.2 Å². The van der Waals surface area contributed by atoms with E-state index in [0.29, 0.717) is 31.6 Å². The van der Waals surface area contributed by atoms with Crippen LogP contribution in [0, 0.1) is 11.8 Å². The summed E-state index contributed by atoms with van der Waals surface area (Å²) in [6, 6.07) is 0. The lowest BCUT2D eigenvalue weighted by Gasteiger charge is -2.42. The number of aliphatic hydroxyl groups is 2. The van der Waals surface area contributed by atoms with Gasteiger partial charge in [0.15, 0.2) is 11.6 Å². The molecule has 0 saturated heterocycles. The third kappa shape index (κ3) is 5.28. The molecule has 6 nitrogen and oxygen atoms in total.